The molecule has 1 saturated heterocycles. The van der Waals surface area contributed by atoms with Gasteiger partial charge in [0.15, 0.2) is 0 Å². The Kier molecular flexibility index (Phi) is 6.04. The molecule has 2 fully saturated rings. The first-order valence-corrected chi connectivity index (χ1v) is 11.5. The van der Waals surface area contributed by atoms with Gasteiger partial charge >= 0.3 is 0 Å². The fourth-order valence-corrected chi connectivity index (χ4v) is 4.58. The molecule has 0 spiro atoms. The molecule has 7 nitrogen and oxygen atoms in total. The summed E-state index contributed by atoms with van der Waals surface area (Å²) >= 11 is 0. The minimum absolute atomic E-state index is 0.0355. The average Bonchev–Trinajstić information content (AvgIpc) is 3.46. The summed E-state index contributed by atoms with van der Waals surface area (Å²) in [6.07, 6.45) is 3.15. The van der Waals surface area contributed by atoms with Crippen LogP contribution in [0.3, 0.4) is 0 Å². The molecule has 1 saturated carbocycles. The van der Waals surface area contributed by atoms with E-state index in [-0.39, 0.29) is 29.8 Å². The minimum Gasteiger partial charge on any atom is -0.347 e. The number of alkyl halides is 2. The first-order chi connectivity index (χ1) is 16.8. The summed E-state index contributed by atoms with van der Waals surface area (Å²) in [5.74, 6) is -0.973. The fourth-order valence-electron chi connectivity index (χ4n) is 4.58. The number of halogens is 3. The number of hydrogen-bond acceptors (Lipinski definition) is 4. The Hall–Kier alpha value is -3.69. The van der Waals surface area contributed by atoms with E-state index in [0.29, 0.717) is 30.0 Å². The number of aryl methyl sites for hydroxylation is 1. The van der Waals surface area contributed by atoms with Crippen molar-refractivity contribution >= 4 is 17.5 Å². The maximum absolute atomic E-state index is 14.2. The Morgan fingerprint density at radius 2 is 1.94 bits per heavy atom. The molecule has 35 heavy (non-hydrogen) atoms. The lowest BCUT2D eigenvalue weighted by molar-refractivity contribution is -0.120. The second kappa shape index (κ2) is 9.16. The van der Waals surface area contributed by atoms with Crippen molar-refractivity contribution in [2.45, 2.75) is 32.2 Å². The van der Waals surface area contributed by atoms with Crippen LogP contribution in [0.5, 0.6) is 0 Å². The van der Waals surface area contributed by atoms with Crippen LogP contribution in [0.15, 0.2) is 42.7 Å². The maximum Gasteiger partial charge on any atom is 0.280 e. The first-order valence-electron chi connectivity index (χ1n) is 11.5. The van der Waals surface area contributed by atoms with Gasteiger partial charge in [0.25, 0.3) is 12.3 Å². The van der Waals surface area contributed by atoms with Crippen molar-refractivity contribution in [3.63, 3.8) is 0 Å². The molecule has 1 aromatic carbocycles. The molecule has 1 aliphatic carbocycles. The number of carbonyl (C=O) groups excluding carboxylic acids is 2. The number of nitrogens with one attached hydrogen (secondary N) is 1. The van der Waals surface area contributed by atoms with Crippen LogP contribution in [0.4, 0.5) is 18.9 Å². The molecule has 0 bridgehead atoms. The summed E-state index contributed by atoms with van der Waals surface area (Å²) in [5.41, 5.74) is 1.27. The number of carbonyl (C=O) groups is 2. The SMILES string of the molecule is Cn1cc(-c2cc(F)cc(CNC(=O)c3cc(N4CC[C@@H](C5CC5)C4=O)cc(C(F)F)n3)c2)cn1. The van der Waals surface area contributed by atoms with Crippen molar-refractivity contribution in [3.8, 4) is 11.1 Å². The van der Waals surface area contributed by atoms with Crippen molar-refractivity contribution in [2.24, 2.45) is 18.9 Å². The summed E-state index contributed by atoms with van der Waals surface area (Å²) in [5, 5.41) is 6.70. The van der Waals surface area contributed by atoms with Crippen molar-refractivity contribution in [1.82, 2.24) is 20.1 Å². The molecule has 0 radical (unpaired) electrons. The smallest absolute Gasteiger partial charge is 0.280 e. The van der Waals surface area contributed by atoms with Gasteiger partial charge in [-0.1, -0.05) is 0 Å². The van der Waals surface area contributed by atoms with E-state index in [2.05, 4.69) is 15.4 Å². The predicted molar refractivity (Wildman–Crippen MR) is 122 cm³/mol. The van der Waals surface area contributed by atoms with E-state index in [1.807, 2.05) is 0 Å². The van der Waals surface area contributed by atoms with Crippen LogP contribution in [-0.2, 0) is 18.4 Å². The van der Waals surface area contributed by atoms with Crippen LogP contribution in [0.2, 0.25) is 0 Å². The van der Waals surface area contributed by atoms with E-state index in [4.69, 9.17) is 0 Å². The molecular formula is C25H24F3N5O2. The first kappa shape index (κ1) is 23.1. The van der Waals surface area contributed by atoms with Gasteiger partial charge in [-0.2, -0.15) is 5.10 Å². The number of amides is 2. The molecule has 0 unspecified atom stereocenters. The van der Waals surface area contributed by atoms with Gasteiger partial charge in [-0.05, 0) is 66.6 Å². The summed E-state index contributed by atoms with van der Waals surface area (Å²) in [4.78, 5) is 30.9. The molecule has 3 heterocycles. The van der Waals surface area contributed by atoms with E-state index in [0.717, 1.165) is 18.4 Å². The molecule has 5 rings (SSSR count). The second-order valence-corrected chi connectivity index (χ2v) is 9.09. The Bertz CT molecular complexity index is 1290. The number of anilines is 1. The van der Waals surface area contributed by atoms with Crippen LogP contribution in [0.1, 0.15) is 47.4 Å². The number of hydrogen-bond donors (Lipinski definition) is 1. The Balaban J connectivity index is 1.35. The quantitative estimate of drug-likeness (QED) is 0.545. The summed E-state index contributed by atoms with van der Waals surface area (Å²) in [7, 11) is 1.75. The lowest BCUT2D eigenvalue weighted by Crippen LogP contribution is -2.29. The van der Waals surface area contributed by atoms with Gasteiger partial charge in [0.2, 0.25) is 5.91 Å². The Morgan fingerprint density at radius 1 is 1.14 bits per heavy atom. The molecule has 10 heteroatoms. The van der Waals surface area contributed by atoms with Crippen molar-refractivity contribution in [1.29, 1.82) is 0 Å². The zero-order chi connectivity index (χ0) is 24.7. The topological polar surface area (TPSA) is 80.1 Å². The predicted octanol–water partition coefficient (Wildman–Crippen LogP) is 4.25. The third kappa shape index (κ3) is 4.91. The highest BCUT2D eigenvalue weighted by Gasteiger charge is 2.42. The van der Waals surface area contributed by atoms with E-state index in [1.54, 1.807) is 30.2 Å². The van der Waals surface area contributed by atoms with Crippen LogP contribution in [0.25, 0.3) is 11.1 Å². The highest BCUT2D eigenvalue weighted by molar-refractivity contribution is 5.99. The van der Waals surface area contributed by atoms with E-state index in [1.165, 1.54) is 29.2 Å². The number of aromatic nitrogens is 3. The van der Waals surface area contributed by atoms with Crippen LogP contribution >= 0.6 is 0 Å². The van der Waals surface area contributed by atoms with Gasteiger partial charge in [0.1, 0.15) is 17.2 Å². The zero-order valence-electron chi connectivity index (χ0n) is 19.0. The summed E-state index contributed by atoms with van der Waals surface area (Å²) in [6, 6.07) is 6.90. The monoisotopic (exact) mass is 483 g/mol. The maximum atomic E-state index is 14.2. The van der Waals surface area contributed by atoms with Gasteiger partial charge in [0, 0.05) is 43.5 Å². The zero-order valence-corrected chi connectivity index (χ0v) is 19.0. The van der Waals surface area contributed by atoms with Gasteiger partial charge in [-0.25, -0.2) is 18.2 Å². The molecular weight excluding hydrogens is 459 g/mol. The van der Waals surface area contributed by atoms with Crippen LogP contribution in [0, 0.1) is 17.7 Å². The number of nitrogens with zero attached hydrogens (tertiary/aromatic N) is 4. The molecule has 1 atom stereocenters. The average molecular weight is 483 g/mol. The summed E-state index contributed by atoms with van der Waals surface area (Å²) < 4.78 is 42.9. The number of pyridine rings is 1. The van der Waals surface area contributed by atoms with E-state index >= 15 is 0 Å². The second-order valence-electron chi connectivity index (χ2n) is 9.09. The fraction of sp³-hybridized carbons (Fsp3) is 0.360. The molecule has 2 aliphatic rings. The highest BCUT2D eigenvalue weighted by Crippen LogP contribution is 2.43. The Labute approximate surface area is 200 Å². The van der Waals surface area contributed by atoms with Gasteiger partial charge in [-0.15, -0.1) is 0 Å². The molecule has 1 N–H and O–H groups in total. The van der Waals surface area contributed by atoms with Gasteiger partial charge in [-0.3, -0.25) is 14.3 Å². The van der Waals surface area contributed by atoms with Crippen LogP contribution < -0.4 is 10.2 Å². The molecule has 2 amide bonds. The lowest BCUT2D eigenvalue weighted by Gasteiger charge is -2.19. The van der Waals surface area contributed by atoms with Crippen molar-refractivity contribution in [3.05, 3.63) is 65.5 Å². The lowest BCUT2D eigenvalue weighted by atomic mass is 10.0. The third-order valence-electron chi connectivity index (χ3n) is 6.48. The van der Waals surface area contributed by atoms with Crippen LogP contribution in [-0.4, -0.2) is 33.1 Å². The summed E-state index contributed by atoms with van der Waals surface area (Å²) in [6.45, 7) is 0.389. The number of rotatable bonds is 7. The third-order valence-corrected chi connectivity index (χ3v) is 6.48. The Morgan fingerprint density at radius 3 is 2.63 bits per heavy atom. The standard InChI is InChI=1S/C25H24F3N5O2/c1-32-13-17(12-30-32)16-6-14(7-18(26)8-16)11-29-24(34)22-10-19(9-21(31-22)23(27)28)33-5-4-20(25(33)35)15-2-3-15/h6-10,12-13,15,20,23H,2-5,11H2,1H3,(H,29,34)/t20-/m0/s1. The molecule has 3 aromatic rings. The minimum atomic E-state index is -2.90. The van der Waals surface area contributed by atoms with Gasteiger partial charge in [0.05, 0.1) is 6.20 Å². The van der Waals surface area contributed by atoms with E-state index < -0.39 is 23.8 Å². The molecule has 182 valence electrons. The molecule has 1 aliphatic heterocycles. The largest absolute Gasteiger partial charge is 0.347 e. The van der Waals surface area contributed by atoms with E-state index in [9.17, 15) is 22.8 Å². The highest BCUT2D eigenvalue weighted by atomic mass is 19.3. The molecule has 2 aromatic heterocycles. The van der Waals surface area contributed by atoms with Crippen molar-refractivity contribution in [2.75, 3.05) is 11.4 Å². The van der Waals surface area contributed by atoms with Crippen molar-refractivity contribution < 1.29 is 22.8 Å². The van der Waals surface area contributed by atoms with Gasteiger partial charge < -0.3 is 10.2 Å². The number of benzene rings is 1. The normalized spacial score (nSPS) is 17.9.